The first kappa shape index (κ1) is 11.9. The molecule has 3 nitrogen and oxygen atoms in total. The Morgan fingerprint density at radius 2 is 2.24 bits per heavy atom. The molecule has 1 fully saturated rings. The molecule has 0 radical (unpaired) electrons. The van der Waals surface area contributed by atoms with Crippen molar-refractivity contribution in [1.29, 1.82) is 0 Å². The zero-order valence-corrected chi connectivity index (χ0v) is 10.3. The number of allylic oxidation sites excluding steroid dienone is 3. The van der Waals surface area contributed by atoms with Crippen molar-refractivity contribution in [3.05, 3.63) is 52.5 Å². The van der Waals surface area contributed by atoms with Gasteiger partial charge < -0.3 is 5.32 Å². The fourth-order valence-electron chi connectivity index (χ4n) is 1.75. The molecule has 1 aromatic heterocycles. The van der Waals surface area contributed by atoms with E-state index in [0.29, 0.717) is 6.04 Å². The molecule has 3 heteroatoms. The second-order valence-electron chi connectivity index (χ2n) is 4.54. The Bertz CT molecular complexity index is 507. The highest BCUT2D eigenvalue weighted by molar-refractivity contribution is 5.45. The van der Waals surface area contributed by atoms with E-state index in [2.05, 4.69) is 18.3 Å². The van der Waals surface area contributed by atoms with Gasteiger partial charge in [0.25, 0.3) is 5.56 Å². The van der Waals surface area contributed by atoms with E-state index in [0.717, 1.165) is 18.7 Å². The average Bonchev–Trinajstić information content (AvgIpc) is 3.10. The van der Waals surface area contributed by atoms with Crippen LogP contribution in [-0.2, 0) is 0 Å². The summed E-state index contributed by atoms with van der Waals surface area (Å²) >= 11 is 0. The van der Waals surface area contributed by atoms with Crippen LogP contribution in [0.1, 0.15) is 20.3 Å². The van der Waals surface area contributed by atoms with E-state index in [9.17, 15) is 4.79 Å². The summed E-state index contributed by atoms with van der Waals surface area (Å²) in [4.78, 5) is 11.6. The fourth-order valence-corrected chi connectivity index (χ4v) is 1.75. The van der Waals surface area contributed by atoms with Crippen LogP contribution in [0, 0.1) is 0 Å². The summed E-state index contributed by atoms with van der Waals surface area (Å²) < 4.78 is 1.65. The predicted molar refractivity (Wildman–Crippen MR) is 70.8 cm³/mol. The van der Waals surface area contributed by atoms with Gasteiger partial charge in [0.15, 0.2) is 0 Å². The van der Waals surface area contributed by atoms with Crippen LogP contribution in [0.15, 0.2) is 46.9 Å². The summed E-state index contributed by atoms with van der Waals surface area (Å²) in [5.41, 5.74) is 2.29. The lowest BCUT2D eigenvalue weighted by Gasteiger charge is -2.03. The van der Waals surface area contributed by atoms with Gasteiger partial charge in [-0.1, -0.05) is 17.7 Å². The molecule has 1 aromatic rings. The maximum atomic E-state index is 11.6. The van der Waals surface area contributed by atoms with Crippen LogP contribution in [-0.4, -0.2) is 17.2 Å². The van der Waals surface area contributed by atoms with Gasteiger partial charge in [0.05, 0.1) is 0 Å². The summed E-state index contributed by atoms with van der Waals surface area (Å²) in [5.74, 6) is 0. The zero-order valence-electron chi connectivity index (χ0n) is 10.3. The minimum absolute atomic E-state index is 0.0103. The Morgan fingerprint density at radius 1 is 1.47 bits per heavy atom. The third kappa shape index (κ3) is 3.43. The first-order valence-corrected chi connectivity index (χ1v) is 5.92. The number of nitrogens with zero attached hydrogens (tertiary/aromatic N) is 1. The maximum absolute atomic E-state index is 11.6. The number of aromatic nitrogens is 1. The second-order valence-corrected chi connectivity index (χ2v) is 4.54. The van der Waals surface area contributed by atoms with Crippen molar-refractivity contribution in [1.82, 2.24) is 9.88 Å². The van der Waals surface area contributed by atoms with Crippen molar-refractivity contribution < 1.29 is 0 Å². The van der Waals surface area contributed by atoms with E-state index in [4.69, 9.17) is 0 Å². The standard InChI is InChI=1S/C14H18N2O/c1-11(9-13-10-15-13)6-7-12(2)16-8-4-3-5-14(16)17/h3-8,13,15H,9-10H2,1-2H3/b11-6+,12-7+. The maximum Gasteiger partial charge on any atom is 0.254 e. The molecule has 0 amide bonds. The molecule has 90 valence electrons. The van der Waals surface area contributed by atoms with Crippen LogP contribution in [0.3, 0.4) is 0 Å². The highest BCUT2D eigenvalue weighted by Gasteiger charge is 2.19. The van der Waals surface area contributed by atoms with Crippen molar-refractivity contribution in [3.8, 4) is 0 Å². The summed E-state index contributed by atoms with van der Waals surface area (Å²) in [7, 11) is 0. The third-order valence-corrected chi connectivity index (χ3v) is 2.87. The van der Waals surface area contributed by atoms with Gasteiger partial charge in [-0.3, -0.25) is 9.36 Å². The Morgan fingerprint density at radius 3 is 2.88 bits per heavy atom. The summed E-state index contributed by atoms with van der Waals surface area (Å²) in [6, 6.07) is 5.86. The van der Waals surface area contributed by atoms with Gasteiger partial charge in [-0.2, -0.15) is 0 Å². The van der Waals surface area contributed by atoms with E-state index in [1.165, 1.54) is 5.57 Å². The molecule has 0 aliphatic carbocycles. The number of hydrogen-bond acceptors (Lipinski definition) is 2. The molecular formula is C14H18N2O. The van der Waals surface area contributed by atoms with Crippen molar-refractivity contribution in [2.75, 3.05) is 6.54 Å². The lowest BCUT2D eigenvalue weighted by atomic mass is 10.1. The average molecular weight is 230 g/mol. The summed E-state index contributed by atoms with van der Waals surface area (Å²) in [6.07, 6.45) is 6.97. The Kier molecular flexibility index (Phi) is 3.59. The number of nitrogens with one attached hydrogen (secondary N) is 1. The quantitative estimate of drug-likeness (QED) is 0.635. The van der Waals surface area contributed by atoms with Crippen LogP contribution in [0.2, 0.25) is 0 Å². The molecule has 2 rings (SSSR count). The molecule has 1 N–H and O–H groups in total. The molecule has 0 bridgehead atoms. The Balaban J connectivity index is 2.10. The van der Waals surface area contributed by atoms with Crippen molar-refractivity contribution >= 4 is 5.70 Å². The van der Waals surface area contributed by atoms with E-state index >= 15 is 0 Å². The monoisotopic (exact) mass is 230 g/mol. The molecule has 1 aliphatic heterocycles. The van der Waals surface area contributed by atoms with Crippen LogP contribution in [0.4, 0.5) is 0 Å². The highest BCUT2D eigenvalue weighted by atomic mass is 16.1. The molecule has 2 heterocycles. The van der Waals surface area contributed by atoms with Crippen LogP contribution < -0.4 is 10.9 Å². The first-order chi connectivity index (χ1) is 8.16. The summed E-state index contributed by atoms with van der Waals surface area (Å²) in [5, 5.41) is 3.28. The van der Waals surface area contributed by atoms with Gasteiger partial charge in [-0.15, -0.1) is 0 Å². The first-order valence-electron chi connectivity index (χ1n) is 5.92. The minimum Gasteiger partial charge on any atom is -0.311 e. The van der Waals surface area contributed by atoms with E-state index in [1.807, 2.05) is 19.1 Å². The molecule has 17 heavy (non-hydrogen) atoms. The number of rotatable bonds is 4. The van der Waals surface area contributed by atoms with Crippen molar-refractivity contribution in [2.24, 2.45) is 0 Å². The normalized spacial score (nSPS) is 20.5. The predicted octanol–water partition coefficient (Wildman–Crippen LogP) is 2.02. The molecule has 1 aliphatic rings. The van der Waals surface area contributed by atoms with Crippen molar-refractivity contribution in [3.63, 3.8) is 0 Å². The number of pyridine rings is 1. The minimum atomic E-state index is 0.0103. The van der Waals surface area contributed by atoms with Gasteiger partial charge in [0, 0.05) is 30.5 Å². The molecule has 1 saturated heterocycles. The van der Waals surface area contributed by atoms with E-state index < -0.39 is 0 Å². The largest absolute Gasteiger partial charge is 0.311 e. The van der Waals surface area contributed by atoms with Crippen molar-refractivity contribution in [2.45, 2.75) is 26.3 Å². The van der Waals surface area contributed by atoms with Crippen LogP contribution in [0.25, 0.3) is 5.70 Å². The molecule has 0 spiro atoms. The van der Waals surface area contributed by atoms with Crippen LogP contribution >= 0.6 is 0 Å². The van der Waals surface area contributed by atoms with Gasteiger partial charge in [0.1, 0.15) is 0 Å². The molecule has 0 saturated carbocycles. The second kappa shape index (κ2) is 5.15. The van der Waals surface area contributed by atoms with Gasteiger partial charge in [-0.25, -0.2) is 0 Å². The lowest BCUT2D eigenvalue weighted by Crippen LogP contribution is -2.15. The topological polar surface area (TPSA) is 43.9 Å². The molecular weight excluding hydrogens is 212 g/mol. The van der Waals surface area contributed by atoms with Gasteiger partial charge >= 0.3 is 0 Å². The number of hydrogen-bond donors (Lipinski definition) is 1. The van der Waals surface area contributed by atoms with Crippen LogP contribution in [0.5, 0.6) is 0 Å². The smallest absolute Gasteiger partial charge is 0.254 e. The molecule has 1 atom stereocenters. The van der Waals surface area contributed by atoms with E-state index in [1.54, 1.807) is 22.9 Å². The third-order valence-electron chi connectivity index (χ3n) is 2.87. The lowest BCUT2D eigenvalue weighted by molar-refractivity contribution is 0.913. The Labute approximate surface area is 101 Å². The molecule has 1 unspecified atom stereocenters. The molecule has 0 aromatic carbocycles. The Hall–Kier alpha value is -1.61. The fraction of sp³-hybridized carbons (Fsp3) is 0.357. The van der Waals surface area contributed by atoms with E-state index in [-0.39, 0.29) is 5.56 Å². The summed E-state index contributed by atoms with van der Waals surface area (Å²) in [6.45, 7) is 5.20. The SMILES string of the molecule is C/C(=C\C=C(/C)n1ccccc1=O)CC1CN1. The van der Waals surface area contributed by atoms with Gasteiger partial charge in [-0.05, 0) is 32.4 Å². The highest BCUT2D eigenvalue weighted by Crippen LogP contribution is 2.12. The van der Waals surface area contributed by atoms with Gasteiger partial charge in [0.2, 0.25) is 0 Å². The zero-order chi connectivity index (χ0) is 12.3.